The van der Waals surface area contributed by atoms with Crippen LogP contribution in [-0.2, 0) is 10.0 Å². The lowest BCUT2D eigenvalue weighted by Gasteiger charge is -2.15. The lowest BCUT2D eigenvalue weighted by atomic mass is 10.3. The molecule has 0 N–H and O–H groups in total. The number of nitrogens with zero attached hydrogens (tertiary/aromatic N) is 1. The topological polar surface area (TPSA) is 37.4 Å². The molecule has 0 aliphatic rings. The zero-order chi connectivity index (χ0) is 10.8. The first kappa shape index (κ1) is 11.9. The molecule has 0 fully saturated rings. The molecule has 14 heavy (non-hydrogen) atoms. The van der Waals surface area contributed by atoms with Crippen LogP contribution in [-0.4, -0.2) is 13.6 Å². The Bertz CT molecular complexity index is 421. The number of hydrogen-bond donors (Lipinski definition) is 0. The molecule has 0 saturated heterocycles. The summed E-state index contributed by atoms with van der Waals surface area (Å²) in [6.07, 6.45) is 0. The molecule has 3 nitrogen and oxygen atoms in total. The van der Waals surface area contributed by atoms with Gasteiger partial charge in [0.25, 0.3) is 10.0 Å². The van der Waals surface area contributed by atoms with E-state index in [-0.39, 0.29) is 10.7 Å². The van der Waals surface area contributed by atoms with Crippen LogP contribution in [0.4, 0.5) is 5.69 Å². The number of halogens is 3. The molecule has 0 bridgehead atoms. The Labute approximate surface area is 97.3 Å². The van der Waals surface area contributed by atoms with Gasteiger partial charge in [0.15, 0.2) is 0 Å². The first-order valence-electron chi connectivity index (χ1n) is 3.48. The normalized spacial score (nSPS) is 11.4. The maximum atomic E-state index is 11.3. The number of para-hydroxylation sites is 1. The first-order valence-corrected chi connectivity index (χ1v) is 6.34. The van der Waals surface area contributed by atoms with Crippen molar-refractivity contribution in [3.05, 3.63) is 29.3 Å². The zero-order valence-corrected chi connectivity index (χ0v) is 9.91. The fourth-order valence-electron chi connectivity index (χ4n) is 0.787. The molecule has 0 saturated carbocycles. The fraction of sp³-hybridized carbons (Fsp3) is 0.143. The average Bonchev–Trinajstić information content (AvgIpc) is 2.17. The van der Waals surface area contributed by atoms with Crippen molar-refractivity contribution in [2.45, 2.75) is 0 Å². The van der Waals surface area contributed by atoms with E-state index < -0.39 is 15.2 Å². The van der Waals surface area contributed by atoms with Gasteiger partial charge in [-0.2, -0.15) is 3.82 Å². The van der Waals surface area contributed by atoms with Crippen molar-refractivity contribution in [2.75, 3.05) is 9.04 Å². The number of hydrogen-bond acceptors (Lipinski definition) is 2. The molecule has 0 atom stereocenters. The van der Waals surface area contributed by atoms with E-state index in [1.165, 1.54) is 12.1 Å². The molecule has 1 aromatic rings. The lowest BCUT2D eigenvalue weighted by Crippen LogP contribution is -2.22. The molecule has 0 spiro atoms. The summed E-state index contributed by atoms with van der Waals surface area (Å²) in [5.41, 5.74) is 0.191. The third kappa shape index (κ3) is 2.45. The molecule has 1 rings (SSSR count). The van der Waals surface area contributed by atoms with Gasteiger partial charge in [0.2, 0.25) is 0 Å². The molecule has 0 amide bonds. The predicted molar refractivity (Wildman–Crippen MR) is 59.4 cm³/mol. The van der Waals surface area contributed by atoms with Crippen molar-refractivity contribution in [1.82, 2.24) is 0 Å². The number of benzene rings is 1. The lowest BCUT2D eigenvalue weighted by molar-refractivity contribution is 0.602. The van der Waals surface area contributed by atoms with Crippen LogP contribution in [0.3, 0.4) is 0 Å². The highest BCUT2D eigenvalue weighted by Gasteiger charge is 2.21. The molecule has 7 heteroatoms. The summed E-state index contributed by atoms with van der Waals surface area (Å²) in [4.78, 5) is 0. The minimum Gasteiger partial charge on any atom is -0.204 e. The summed E-state index contributed by atoms with van der Waals surface area (Å²) in [7, 11) is -3.69. The Kier molecular flexibility index (Phi) is 3.89. The van der Waals surface area contributed by atoms with Crippen LogP contribution in [0.5, 0.6) is 0 Å². The molecule has 1 aromatic carbocycles. The van der Waals surface area contributed by atoms with Gasteiger partial charge in [-0.25, -0.2) is 8.42 Å². The van der Waals surface area contributed by atoms with Crippen LogP contribution in [0.25, 0.3) is 0 Å². The second-order valence-electron chi connectivity index (χ2n) is 2.39. The van der Waals surface area contributed by atoms with Crippen LogP contribution >= 0.6 is 35.0 Å². The third-order valence-corrected chi connectivity index (χ3v) is 4.34. The Hall–Kier alpha value is -0.160. The van der Waals surface area contributed by atoms with Crippen LogP contribution in [0, 0.1) is 0 Å². The van der Waals surface area contributed by atoms with E-state index in [1.54, 1.807) is 12.1 Å². The van der Waals surface area contributed by atoms with Crippen LogP contribution in [0.15, 0.2) is 24.3 Å². The Morgan fingerprint density at radius 2 is 1.86 bits per heavy atom. The van der Waals surface area contributed by atoms with Crippen LogP contribution < -0.4 is 3.82 Å². The number of sulfonamides is 1. The van der Waals surface area contributed by atoms with E-state index in [9.17, 15) is 8.42 Å². The van der Waals surface area contributed by atoms with Crippen molar-refractivity contribution >= 4 is 50.7 Å². The highest BCUT2D eigenvalue weighted by molar-refractivity contribution is 7.95. The second-order valence-corrected chi connectivity index (χ2v) is 5.73. The molecule has 78 valence electrons. The van der Waals surface area contributed by atoms with Gasteiger partial charge in [-0.1, -0.05) is 23.7 Å². The van der Waals surface area contributed by atoms with E-state index >= 15 is 0 Å². The van der Waals surface area contributed by atoms with Crippen molar-refractivity contribution in [1.29, 1.82) is 0 Å². The van der Waals surface area contributed by atoms with Crippen molar-refractivity contribution < 1.29 is 8.42 Å². The van der Waals surface area contributed by atoms with Crippen molar-refractivity contribution in [3.8, 4) is 0 Å². The first-order chi connectivity index (χ1) is 6.49. The Morgan fingerprint density at radius 1 is 1.29 bits per heavy atom. The molecule has 0 aromatic heterocycles. The number of rotatable bonds is 3. The standard InChI is InChI=1S/C7H6Cl3NO2S/c8-5-14(12,13)11(10)7-4-2-1-3-6(7)9/h1-4H,5H2. The largest absolute Gasteiger partial charge is 0.263 e. The average molecular weight is 275 g/mol. The summed E-state index contributed by atoms with van der Waals surface area (Å²) < 4.78 is 23.1. The highest BCUT2D eigenvalue weighted by Crippen LogP contribution is 2.29. The number of anilines is 1. The van der Waals surface area contributed by atoms with Gasteiger partial charge in [0.1, 0.15) is 5.21 Å². The third-order valence-electron chi connectivity index (χ3n) is 1.42. The summed E-state index contributed by atoms with van der Waals surface area (Å²) >= 11 is 16.6. The minimum atomic E-state index is -3.69. The Morgan fingerprint density at radius 3 is 2.36 bits per heavy atom. The SMILES string of the molecule is O=S(=O)(CCl)N(Cl)c1ccccc1Cl. The van der Waals surface area contributed by atoms with Gasteiger partial charge < -0.3 is 0 Å². The van der Waals surface area contributed by atoms with E-state index in [0.29, 0.717) is 3.82 Å². The minimum absolute atomic E-state index is 0.191. The van der Waals surface area contributed by atoms with Gasteiger partial charge >= 0.3 is 0 Å². The van der Waals surface area contributed by atoms with Crippen LogP contribution in [0.1, 0.15) is 0 Å². The van der Waals surface area contributed by atoms with Gasteiger partial charge in [0.05, 0.1) is 10.7 Å². The van der Waals surface area contributed by atoms with Gasteiger partial charge in [0, 0.05) is 11.8 Å². The van der Waals surface area contributed by atoms with Gasteiger partial charge in [-0.3, -0.25) is 0 Å². The Balaban J connectivity index is 3.14. The van der Waals surface area contributed by atoms with Gasteiger partial charge in [-0.05, 0) is 12.1 Å². The van der Waals surface area contributed by atoms with E-state index in [0.717, 1.165) is 0 Å². The van der Waals surface area contributed by atoms with Crippen LogP contribution in [0.2, 0.25) is 5.02 Å². The fourth-order valence-corrected chi connectivity index (χ4v) is 2.38. The molecule has 0 radical (unpaired) electrons. The summed E-state index contributed by atoms with van der Waals surface area (Å²) in [5.74, 6) is 0. The van der Waals surface area contributed by atoms with E-state index in [2.05, 4.69) is 0 Å². The van der Waals surface area contributed by atoms with Gasteiger partial charge in [-0.15, -0.1) is 11.6 Å². The summed E-state index contributed by atoms with van der Waals surface area (Å²) in [5, 5.41) is -0.349. The quantitative estimate of drug-likeness (QED) is 0.628. The molecular weight excluding hydrogens is 269 g/mol. The van der Waals surface area contributed by atoms with Crippen molar-refractivity contribution in [3.63, 3.8) is 0 Å². The van der Waals surface area contributed by atoms with E-state index in [4.69, 9.17) is 35.0 Å². The van der Waals surface area contributed by atoms with E-state index in [1.807, 2.05) is 0 Å². The molecule has 0 aliphatic heterocycles. The zero-order valence-electron chi connectivity index (χ0n) is 6.82. The number of alkyl halides is 1. The molecular formula is C7H6Cl3NO2S. The predicted octanol–water partition coefficient (Wildman–Crippen LogP) is 2.83. The monoisotopic (exact) mass is 273 g/mol. The summed E-state index contributed by atoms with van der Waals surface area (Å²) in [6.45, 7) is 0. The molecule has 0 heterocycles. The molecule has 0 aliphatic carbocycles. The van der Waals surface area contributed by atoms with Crippen molar-refractivity contribution in [2.24, 2.45) is 0 Å². The molecule has 0 unspecified atom stereocenters. The maximum Gasteiger partial charge on any atom is 0.263 e. The summed E-state index contributed by atoms with van der Waals surface area (Å²) in [6, 6.07) is 6.32. The maximum absolute atomic E-state index is 11.3. The smallest absolute Gasteiger partial charge is 0.204 e. The second kappa shape index (κ2) is 4.57. The highest BCUT2D eigenvalue weighted by atomic mass is 35.5.